The lowest BCUT2D eigenvalue weighted by atomic mass is 10.3. The predicted octanol–water partition coefficient (Wildman–Crippen LogP) is 3.86. The Hall–Kier alpha value is -1.32. The van der Waals surface area contributed by atoms with E-state index in [1.165, 1.54) is 11.3 Å². The van der Waals surface area contributed by atoms with Crippen molar-refractivity contribution in [3.8, 4) is 5.75 Å². The first kappa shape index (κ1) is 10.2. The average Bonchev–Trinajstić information content (AvgIpc) is 2.62. The summed E-state index contributed by atoms with van der Waals surface area (Å²) >= 11 is 7.25. The van der Waals surface area contributed by atoms with Gasteiger partial charge in [-0.05, 0) is 24.3 Å². The van der Waals surface area contributed by atoms with Crippen LogP contribution in [0.15, 0.2) is 41.4 Å². The van der Waals surface area contributed by atoms with Crippen LogP contribution in [0.1, 0.15) is 4.88 Å². The van der Waals surface area contributed by atoms with Crippen LogP contribution in [0, 0.1) is 0 Å². The van der Waals surface area contributed by atoms with Crippen molar-refractivity contribution in [3.05, 3.63) is 45.6 Å². The molecule has 0 aliphatic rings. The molecule has 4 heteroatoms. The fourth-order valence-electron chi connectivity index (χ4n) is 1.11. The Morgan fingerprint density at radius 2 is 2.13 bits per heavy atom. The summed E-state index contributed by atoms with van der Waals surface area (Å²) in [6, 6.07) is 10.5. The second-order valence-electron chi connectivity index (χ2n) is 2.92. The summed E-state index contributed by atoms with van der Waals surface area (Å²) in [5, 5.41) is 9.22. The van der Waals surface area contributed by atoms with Crippen LogP contribution in [0.25, 0.3) is 0 Å². The van der Waals surface area contributed by atoms with Gasteiger partial charge in [-0.1, -0.05) is 17.7 Å². The fourth-order valence-corrected chi connectivity index (χ4v) is 2.04. The van der Waals surface area contributed by atoms with Crippen molar-refractivity contribution in [2.45, 2.75) is 0 Å². The van der Waals surface area contributed by atoms with Gasteiger partial charge in [0.05, 0.1) is 10.0 Å². The number of thiophene rings is 1. The monoisotopic (exact) mass is 237 g/mol. The summed E-state index contributed by atoms with van der Waals surface area (Å²) < 4.78 is 0.743. The lowest BCUT2D eigenvalue weighted by molar-refractivity contribution is 0.475. The molecule has 1 heterocycles. The number of phenolic OH excluding ortho intramolecular Hbond substituents is 1. The molecule has 15 heavy (non-hydrogen) atoms. The van der Waals surface area contributed by atoms with Crippen LogP contribution in [0.5, 0.6) is 5.75 Å². The van der Waals surface area contributed by atoms with Gasteiger partial charge in [0.15, 0.2) is 0 Å². The third-order valence-electron chi connectivity index (χ3n) is 1.76. The number of rotatable bonds is 2. The number of hydrogen-bond acceptors (Lipinski definition) is 3. The van der Waals surface area contributed by atoms with Crippen molar-refractivity contribution in [2.24, 2.45) is 4.99 Å². The maximum atomic E-state index is 9.22. The van der Waals surface area contributed by atoms with Gasteiger partial charge in [-0.25, -0.2) is 0 Å². The number of nitrogens with zero attached hydrogens (tertiary/aromatic N) is 1. The summed E-state index contributed by atoms with van der Waals surface area (Å²) in [4.78, 5) is 5.21. The van der Waals surface area contributed by atoms with E-state index in [1.807, 2.05) is 18.2 Å². The highest BCUT2D eigenvalue weighted by atomic mass is 35.5. The molecule has 0 amide bonds. The molecule has 0 bridgehead atoms. The van der Waals surface area contributed by atoms with Crippen LogP contribution in [0.3, 0.4) is 0 Å². The number of benzene rings is 1. The second-order valence-corrected chi connectivity index (χ2v) is 4.67. The minimum atomic E-state index is 0.217. The molecule has 2 nitrogen and oxygen atoms in total. The van der Waals surface area contributed by atoms with Crippen molar-refractivity contribution in [2.75, 3.05) is 0 Å². The van der Waals surface area contributed by atoms with E-state index in [9.17, 15) is 5.11 Å². The maximum Gasteiger partial charge on any atom is 0.117 e. The summed E-state index contributed by atoms with van der Waals surface area (Å²) in [6.45, 7) is 0. The van der Waals surface area contributed by atoms with E-state index < -0.39 is 0 Å². The lowest BCUT2D eigenvalue weighted by Crippen LogP contribution is -1.71. The van der Waals surface area contributed by atoms with E-state index in [2.05, 4.69) is 4.99 Å². The normalized spacial score (nSPS) is 11.0. The highest BCUT2D eigenvalue weighted by molar-refractivity contribution is 7.17. The lowest BCUT2D eigenvalue weighted by Gasteiger charge is -1.93. The van der Waals surface area contributed by atoms with Crippen LogP contribution in [0.2, 0.25) is 4.34 Å². The molecular weight excluding hydrogens is 230 g/mol. The minimum absolute atomic E-state index is 0.217. The van der Waals surface area contributed by atoms with E-state index in [0.29, 0.717) is 0 Å². The van der Waals surface area contributed by atoms with Gasteiger partial charge in [-0.15, -0.1) is 11.3 Å². The summed E-state index contributed by atoms with van der Waals surface area (Å²) in [6.07, 6.45) is 1.73. The van der Waals surface area contributed by atoms with E-state index in [0.717, 1.165) is 14.9 Å². The Balaban J connectivity index is 2.18. The SMILES string of the molecule is Oc1cccc(N=Cc2ccc(Cl)s2)c1. The first-order valence-corrected chi connectivity index (χ1v) is 5.52. The molecule has 0 fully saturated rings. The second kappa shape index (κ2) is 4.47. The molecule has 0 unspecified atom stereocenters. The highest BCUT2D eigenvalue weighted by Gasteiger charge is 1.94. The molecule has 0 aliphatic heterocycles. The number of phenols is 1. The van der Waals surface area contributed by atoms with Crippen molar-refractivity contribution in [1.29, 1.82) is 0 Å². The van der Waals surface area contributed by atoms with Gasteiger partial charge in [0.1, 0.15) is 5.75 Å². The number of aromatic hydroxyl groups is 1. The topological polar surface area (TPSA) is 32.6 Å². The van der Waals surface area contributed by atoms with Gasteiger partial charge in [0, 0.05) is 17.2 Å². The maximum absolute atomic E-state index is 9.22. The molecule has 0 saturated heterocycles. The Kier molecular flexibility index (Phi) is 3.04. The summed E-state index contributed by atoms with van der Waals surface area (Å²) in [5.74, 6) is 0.217. The highest BCUT2D eigenvalue weighted by Crippen LogP contribution is 2.22. The zero-order valence-electron chi connectivity index (χ0n) is 7.72. The molecule has 0 spiro atoms. The number of hydrogen-bond donors (Lipinski definition) is 1. The quantitative estimate of drug-likeness (QED) is 0.791. The molecular formula is C11H8ClNOS. The fraction of sp³-hybridized carbons (Fsp3) is 0. The van der Waals surface area contributed by atoms with Crippen LogP contribution in [-0.2, 0) is 0 Å². The Morgan fingerprint density at radius 1 is 1.27 bits per heavy atom. The van der Waals surface area contributed by atoms with Crippen LogP contribution < -0.4 is 0 Å². The van der Waals surface area contributed by atoms with Crippen LogP contribution in [0.4, 0.5) is 5.69 Å². The molecule has 0 radical (unpaired) electrons. The van der Waals surface area contributed by atoms with E-state index >= 15 is 0 Å². The largest absolute Gasteiger partial charge is 0.508 e. The van der Waals surface area contributed by atoms with Crippen molar-refractivity contribution in [1.82, 2.24) is 0 Å². The molecule has 2 aromatic rings. The van der Waals surface area contributed by atoms with Gasteiger partial charge in [-0.2, -0.15) is 0 Å². The predicted molar refractivity (Wildman–Crippen MR) is 64.7 cm³/mol. The smallest absolute Gasteiger partial charge is 0.117 e. The third kappa shape index (κ3) is 2.81. The van der Waals surface area contributed by atoms with Crippen molar-refractivity contribution in [3.63, 3.8) is 0 Å². The molecule has 2 rings (SSSR count). The molecule has 0 atom stereocenters. The van der Waals surface area contributed by atoms with E-state index in [1.54, 1.807) is 24.4 Å². The Labute approximate surface area is 96.5 Å². The first-order chi connectivity index (χ1) is 7.24. The van der Waals surface area contributed by atoms with Crippen LogP contribution in [-0.4, -0.2) is 11.3 Å². The zero-order valence-corrected chi connectivity index (χ0v) is 9.29. The molecule has 0 aliphatic carbocycles. The molecule has 1 N–H and O–H groups in total. The minimum Gasteiger partial charge on any atom is -0.508 e. The molecule has 1 aromatic carbocycles. The average molecular weight is 238 g/mol. The van der Waals surface area contributed by atoms with Crippen molar-refractivity contribution < 1.29 is 5.11 Å². The van der Waals surface area contributed by atoms with Gasteiger partial charge < -0.3 is 5.11 Å². The number of aliphatic imine (C=N–C) groups is 1. The van der Waals surface area contributed by atoms with E-state index in [4.69, 9.17) is 11.6 Å². The van der Waals surface area contributed by atoms with Gasteiger partial charge in [0.2, 0.25) is 0 Å². The first-order valence-electron chi connectivity index (χ1n) is 4.32. The molecule has 0 saturated carbocycles. The van der Waals surface area contributed by atoms with E-state index in [-0.39, 0.29) is 5.75 Å². The van der Waals surface area contributed by atoms with Gasteiger partial charge in [-0.3, -0.25) is 4.99 Å². The van der Waals surface area contributed by atoms with Gasteiger partial charge >= 0.3 is 0 Å². The van der Waals surface area contributed by atoms with Crippen molar-refractivity contribution >= 4 is 34.8 Å². The van der Waals surface area contributed by atoms with Crippen LogP contribution >= 0.6 is 22.9 Å². The number of halogens is 1. The Bertz CT molecular complexity index is 493. The Morgan fingerprint density at radius 3 is 2.80 bits per heavy atom. The zero-order chi connectivity index (χ0) is 10.7. The van der Waals surface area contributed by atoms with Gasteiger partial charge in [0.25, 0.3) is 0 Å². The molecule has 76 valence electrons. The summed E-state index contributed by atoms with van der Waals surface area (Å²) in [7, 11) is 0. The standard InChI is InChI=1S/C11H8ClNOS/c12-11-5-4-10(15-11)7-13-8-2-1-3-9(14)6-8/h1-7,14H. The summed E-state index contributed by atoms with van der Waals surface area (Å²) in [5.41, 5.74) is 0.722. The molecule has 1 aromatic heterocycles. The third-order valence-corrected chi connectivity index (χ3v) is 2.93.